The normalized spacial score (nSPS) is 25.1. The summed E-state index contributed by atoms with van der Waals surface area (Å²) in [4.78, 5) is 14.7. The molecule has 1 amide bonds. The van der Waals surface area contributed by atoms with E-state index in [0.29, 0.717) is 11.3 Å². The zero-order valence-electron chi connectivity index (χ0n) is 12.7. The molecule has 0 aromatic carbocycles. The van der Waals surface area contributed by atoms with Crippen molar-refractivity contribution >= 4 is 18.3 Å². The Morgan fingerprint density at radius 3 is 2.52 bits per heavy atom. The fourth-order valence-corrected chi connectivity index (χ4v) is 3.51. The first-order valence-corrected chi connectivity index (χ1v) is 7.65. The molecular formula is C15H24ClN3O2. The molecule has 1 N–H and O–H groups in total. The largest absolute Gasteiger partial charge is 0.361 e. The van der Waals surface area contributed by atoms with Crippen LogP contribution in [-0.2, 0) is 6.42 Å². The van der Waals surface area contributed by atoms with Crippen LogP contribution < -0.4 is 5.32 Å². The van der Waals surface area contributed by atoms with Crippen LogP contribution in [0.2, 0.25) is 0 Å². The van der Waals surface area contributed by atoms with E-state index in [1.807, 2.05) is 18.7 Å². The van der Waals surface area contributed by atoms with Gasteiger partial charge >= 0.3 is 0 Å². The second kappa shape index (κ2) is 6.79. The van der Waals surface area contributed by atoms with Gasteiger partial charge in [-0.2, -0.15) is 0 Å². The van der Waals surface area contributed by atoms with Crippen LogP contribution in [0.5, 0.6) is 0 Å². The van der Waals surface area contributed by atoms with Gasteiger partial charge in [-0.1, -0.05) is 12.1 Å². The predicted octanol–water partition coefficient (Wildman–Crippen LogP) is 2.04. The molecule has 2 aliphatic heterocycles. The molecule has 2 fully saturated rings. The summed E-state index contributed by atoms with van der Waals surface area (Å²) in [7, 11) is 0. The van der Waals surface area contributed by atoms with Gasteiger partial charge in [0.15, 0.2) is 0 Å². The maximum absolute atomic E-state index is 12.7. The third-order valence-electron chi connectivity index (χ3n) is 4.79. The lowest BCUT2D eigenvalue weighted by Gasteiger charge is -2.20. The smallest absolute Gasteiger partial charge is 0.259 e. The molecule has 3 rings (SSSR count). The van der Waals surface area contributed by atoms with E-state index < -0.39 is 0 Å². The molecule has 0 saturated carbocycles. The number of hydrogen-bond acceptors (Lipinski definition) is 4. The fraction of sp³-hybridized carbons (Fsp3) is 0.733. The molecule has 2 atom stereocenters. The topological polar surface area (TPSA) is 58.4 Å². The number of amides is 1. The Hall–Kier alpha value is -1.07. The zero-order chi connectivity index (χ0) is 14.1. The van der Waals surface area contributed by atoms with Crippen LogP contribution in [0.15, 0.2) is 4.52 Å². The monoisotopic (exact) mass is 313 g/mol. The second-order valence-electron chi connectivity index (χ2n) is 5.96. The number of rotatable bonds is 2. The number of aromatic nitrogens is 1. The standard InChI is InChI=1S/C15H23N3O2.ClH/c1-3-13-14(10(2)20-17-13)15(19)18-6-4-11-8-16-9-12(11)5-7-18;/h11-12,16H,3-9H2,1-2H3;1H/t11-,12+;. The molecule has 0 aliphatic carbocycles. The van der Waals surface area contributed by atoms with Crippen LogP contribution in [0, 0.1) is 18.8 Å². The van der Waals surface area contributed by atoms with Gasteiger partial charge in [0.25, 0.3) is 5.91 Å². The summed E-state index contributed by atoms with van der Waals surface area (Å²) in [6.07, 6.45) is 2.95. The fourth-order valence-electron chi connectivity index (χ4n) is 3.51. The van der Waals surface area contributed by atoms with Crippen LogP contribution in [0.1, 0.15) is 41.6 Å². The van der Waals surface area contributed by atoms with Gasteiger partial charge in [-0.3, -0.25) is 4.79 Å². The Balaban J connectivity index is 0.00000161. The van der Waals surface area contributed by atoms with E-state index in [0.717, 1.165) is 63.0 Å². The Morgan fingerprint density at radius 1 is 1.33 bits per heavy atom. The third kappa shape index (κ3) is 3.09. The highest BCUT2D eigenvalue weighted by Gasteiger charge is 2.33. The molecule has 2 saturated heterocycles. The summed E-state index contributed by atoms with van der Waals surface area (Å²) in [5, 5.41) is 7.46. The lowest BCUT2D eigenvalue weighted by molar-refractivity contribution is 0.0756. The van der Waals surface area contributed by atoms with Crippen molar-refractivity contribution in [1.29, 1.82) is 0 Å². The third-order valence-corrected chi connectivity index (χ3v) is 4.79. The summed E-state index contributed by atoms with van der Waals surface area (Å²) >= 11 is 0. The molecule has 2 aliphatic rings. The predicted molar refractivity (Wildman–Crippen MR) is 82.9 cm³/mol. The summed E-state index contributed by atoms with van der Waals surface area (Å²) < 4.78 is 5.20. The number of carbonyl (C=O) groups is 1. The molecule has 0 radical (unpaired) electrons. The van der Waals surface area contributed by atoms with Gasteiger partial charge in [0.1, 0.15) is 11.3 Å². The van der Waals surface area contributed by atoms with Gasteiger partial charge in [-0.05, 0) is 51.1 Å². The Morgan fingerprint density at radius 2 is 1.95 bits per heavy atom. The number of aryl methyl sites for hydroxylation is 2. The van der Waals surface area contributed by atoms with Gasteiger partial charge in [-0.15, -0.1) is 12.4 Å². The van der Waals surface area contributed by atoms with Crippen molar-refractivity contribution in [3.8, 4) is 0 Å². The van der Waals surface area contributed by atoms with Crippen LogP contribution in [0.25, 0.3) is 0 Å². The molecule has 6 heteroatoms. The average Bonchev–Trinajstić information content (AvgIpc) is 3.00. The molecule has 5 nitrogen and oxygen atoms in total. The van der Waals surface area contributed by atoms with Gasteiger partial charge in [0, 0.05) is 13.1 Å². The highest BCUT2D eigenvalue weighted by atomic mass is 35.5. The van der Waals surface area contributed by atoms with E-state index in [2.05, 4.69) is 10.5 Å². The number of nitrogens with one attached hydrogen (secondary N) is 1. The number of fused-ring (bicyclic) bond motifs is 1. The minimum atomic E-state index is 0. The Labute approximate surface area is 131 Å². The van der Waals surface area contributed by atoms with E-state index in [1.165, 1.54) is 0 Å². The van der Waals surface area contributed by atoms with Crippen molar-refractivity contribution in [2.75, 3.05) is 26.2 Å². The summed E-state index contributed by atoms with van der Waals surface area (Å²) in [5.41, 5.74) is 1.48. The molecule has 0 unspecified atom stereocenters. The van der Waals surface area contributed by atoms with E-state index in [4.69, 9.17) is 4.52 Å². The summed E-state index contributed by atoms with van der Waals surface area (Å²) in [5.74, 6) is 2.23. The highest BCUT2D eigenvalue weighted by molar-refractivity contribution is 5.96. The maximum Gasteiger partial charge on any atom is 0.259 e. The summed E-state index contributed by atoms with van der Waals surface area (Å²) in [6.45, 7) is 7.77. The van der Waals surface area contributed by atoms with Gasteiger partial charge in [0.2, 0.25) is 0 Å². The van der Waals surface area contributed by atoms with E-state index in [-0.39, 0.29) is 18.3 Å². The van der Waals surface area contributed by atoms with E-state index in [1.54, 1.807) is 0 Å². The average molecular weight is 314 g/mol. The molecule has 118 valence electrons. The quantitative estimate of drug-likeness (QED) is 0.907. The molecule has 0 bridgehead atoms. The van der Waals surface area contributed by atoms with Crippen LogP contribution in [0.3, 0.4) is 0 Å². The first-order valence-electron chi connectivity index (χ1n) is 7.65. The first kappa shape index (κ1) is 16.3. The maximum atomic E-state index is 12.7. The van der Waals surface area contributed by atoms with Crippen molar-refractivity contribution in [1.82, 2.24) is 15.4 Å². The lowest BCUT2D eigenvalue weighted by atomic mass is 9.92. The van der Waals surface area contributed by atoms with Gasteiger partial charge in [-0.25, -0.2) is 0 Å². The minimum Gasteiger partial charge on any atom is -0.361 e. The lowest BCUT2D eigenvalue weighted by Crippen LogP contribution is -2.33. The SMILES string of the molecule is CCc1noc(C)c1C(=O)N1CC[C@@H]2CNC[C@@H]2CC1.Cl. The molecule has 1 aromatic rings. The number of carbonyl (C=O) groups excluding carboxylic acids is 1. The van der Waals surface area contributed by atoms with Crippen molar-refractivity contribution in [3.63, 3.8) is 0 Å². The zero-order valence-corrected chi connectivity index (χ0v) is 13.5. The van der Waals surface area contributed by atoms with Crippen molar-refractivity contribution < 1.29 is 9.32 Å². The van der Waals surface area contributed by atoms with Crippen LogP contribution >= 0.6 is 12.4 Å². The molecule has 1 aromatic heterocycles. The molecule has 3 heterocycles. The second-order valence-corrected chi connectivity index (χ2v) is 5.96. The minimum absolute atomic E-state index is 0. The van der Waals surface area contributed by atoms with E-state index in [9.17, 15) is 4.79 Å². The molecular weight excluding hydrogens is 290 g/mol. The van der Waals surface area contributed by atoms with Crippen LogP contribution in [-0.4, -0.2) is 42.1 Å². The van der Waals surface area contributed by atoms with Crippen LogP contribution in [0.4, 0.5) is 0 Å². The molecule has 21 heavy (non-hydrogen) atoms. The number of nitrogens with zero attached hydrogens (tertiary/aromatic N) is 2. The number of likely N-dealkylation sites (tertiary alicyclic amines) is 1. The van der Waals surface area contributed by atoms with Crippen molar-refractivity contribution in [2.45, 2.75) is 33.1 Å². The first-order chi connectivity index (χ1) is 9.70. The molecule has 0 spiro atoms. The summed E-state index contributed by atoms with van der Waals surface area (Å²) in [6, 6.07) is 0. The number of hydrogen-bond donors (Lipinski definition) is 1. The van der Waals surface area contributed by atoms with E-state index >= 15 is 0 Å². The Bertz CT molecular complexity index is 489. The van der Waals surface area contributed by atoms with Gasteiger partial charge < -0.3 is 14.7 Å². The highest BCUT2D eigenvalue weighted by Crippen LogP contribution is 2.28. The van der Waals surface area contributed by atoms with Gasteiger partial charge in [0.05, 0.1) is 5.69 Å². The van der Waals surface area contributed by atoms with Crippen molar-refractivity contribution in [3.05, 3.63) is 17.0 Å². The number of halogens is 1. The Kier molecular flexibility index (Phi) is 5.27. The van der Waals surface area contributed by atoms with Crippen molar-refractivity contribution in [2.24, 2.45) is 11.8 Å².